The molecule has 3 heterocycles. The second kappa shape index (κ2) is 12.2. The van der Waals surface area contributed by atoms with Crippen molar-refractivity contribution in [2.24, 2.45) is 17.3 Å². The number of aromatic nitrogens is 1. The molecule has 0 spiro atoms. The van der Waals surface area contributed by atoms with E-state index in [2.05, 4.69) is 4.98 Å². The van der Waals surface area contributed by atoms with E-state index in [4.69, 9.17) is 4.74 Å². The second-order valence-electron chi connectivity index (χ2n) is 12.4. The van der Waals surface area contributed by atoms with Gasteiger partial charge in [0.25, 0.3) is 5.19 Å². The summed E-state index contributed by atoms with van der Waals surface area (Å²) in [5.74, 6) is -2.29. The third-order valence-corrected chi connectivity index (χ3v) is 10.2. The van der Waals surface area contributed by atoms with Crippen molar-refractivity contribution in [2.45, 2.75) is 76.9 Å². The lowest BCUT2D eigenvalue weighted by molar-refractivity contribution is -0.147. The van der Waals surface area contributed by atoms with Crippen LogP contribution in [-0.2, 0) is 20.8 Å². The molecule has 5 atom stereocenters. The summed E-state index contributed by atoms with van der Waals surface area (Å²) in [6, 6.07) is 11.8. The summed E-state index contributed by atoms with van der Waals surface area (Å²) >= 11 is 1.42. The fraction of sp³-hybridized carbons (Fsp3) is 0.471. The Labute approximate surface area is 254 Å². The number of carbonyl (C=O) groups is 3. The number of fused-ring (bicyclic) bond motifs is 3. The number of hydrogen-bond donors (Lipinski definition) is 1. The first kappa shape index (κ1) is 29.5. The number of thiazole rings is 1. The van der Waals surface area contributed by atoms with Crippen LogP contribution in [-0.4, -0.2) is 51.3 Å². The van der Waals surface area contributed by atoms with Gasteiger partial charge in [-0.05, 0) is 80.3 Å². The van der Waals surface area contributed by atoms with Gasteiger partial charge in [0.1, 0.15) is 11.9 Å². The number of aryl methyl sites for hydroxylation is 1. The number of carboxylic acid groups (broad SMARTS) is 1. The molecule has 1 saturated heterocycles. The van der Waals surface area contributed by atoms with Crippen LogP contribution in [0, 0.1) is 30.0 Å². The predicted molar refractivity (Wildman–Crippen MR) is 163 cm³/mol. The highest BCUT2D eigenvalue weighted by molar-refractivity contribution is 7.20. The van der Waals surface area contributed by atoms with Gasteiger partial charge in [-0.2, -0.15) is 0 Å². The standard InChI is InChI=1S/C34H37FN2O5S/c1-21-13-22(16-25(35)14-21)15-23-9-5-3-2-4-6-10-24-18-34(24,32(40)41)19-29(38)28-17-26(20-37(28)31(23)39)42-33-36-27-11-7-8-12-30(27)43-33/h6-8,10-14,16,23-24,26,28H,2-5,9,15,17-20H2,1H3,(H,40,41)/b10-6-/t23-,24+,26-,28+,34-/m1/s1. The lowest BCUT2D eigenvalue weighted by atomic mass is 9.90. The van der Waals surface area contributed by atoms with E-state index in [9.17, 15) is 23.9 Å². The van der Waals surface area contributed by atoms with Gasteiger partial charge >= 0.3 is 5.97 Å². The van der Waals surface area contributed by atoms with Gasteiger partial charge in [0.05, 0.1) is 28.2 Å². The highest BCUT2D eigenvalue weighted by atomic mass is 32.1. The number of carbonyl (C=O) groups excluding carboxylic acids is 2. The van der Waals surface area contributed by atoms with E-state index in [-0.39, 0.29) is 42.8 Å². The highest BCUT2D eigenvalue weighted by Gasteiger charge is 2.61. The number of ether oxygens (including phenoxy) is 1. The van der Waals surface area contributed by atoms with Crippen LogP contribution in [0.3, 0.4) is 0 Å². The topological polar surface area (TPSA) is 96.8 Å². The van der Waals surface area contributed by atoms with Gasteiger partial charge in [-0.3, -0.25) is 14.4 Å². The van der Waals surface area contributed by atoms with Crippen LogP contribution in [0.25, 0.3) is 10.2 Å². The number of amides is 1. The molecule has 3 aliphatic rings. The molecule has 0 radical (unpaired) electrons. The Morgan fingerprint density at radius 2 is 2.02 bits per heavy atom. The van der Waals surface area contributed by atoms with Gasteiger partial charge in [-0.1, -0.05) is 54.5 Å². The van der Waals surface area contributed by atoms with Crippen molar-refractivity contribution in [3.63, 3.8) is 0 Å². The number of hydrogen-bond acceptors (Lipinski definition) is 6. The molecule has 226 valence electrons. The Bertz CT molecular complexity index is 1520. The van der Waals surface area contributed by atoms with E-state index >= 15 is 0 Å². The molecule has 6 rings (SSSR count). The largest absolute Gasteiger partial charge is 0.481 e. The number of para-hydroxylation sites is 1. The molecule has 3 aromatic rings. The summed E-state index contributed by atoms with van der Waals surface area (Å²) in [6.07, 6.45) is 8.68. The summed E-state index contributed by atoms with van der Waals surface area (Å²) in [7, 11) is 0. The van der Waals surface area contributed by atoms with Crippen molar-refractivity contribution >= 4 is 39.2 Å². The minimum Gasteiger partial charge on any atom is -0.481 e. The Morgan fingerprint density at radius 1 is 1.19 bits per heavy atom. The molecule has 2 fully saturated rings. The van der Waals surface area contributed by atoms with E-state index in [0.717, 1.165) is 47.0 Å². The number of allylic oxidation sites excluding steroid dienone is 2. The van der Waals surface area contributed by atoms with Crippen molar-refractivity contribution in [1.82, 2.24) is 9.88 Å². The molecule has 1 amide bonds. The molecular weight excluding hydrogens is 567 g/mol. The number of rotatable bonds is 5. The molecule has 43 heavy (non-hydrogen) atoms. The quantitative estimate of drug-likeness (QED) is 0.333. The van der Waals surface area contributed by atoms with Gasteiger partial charge < -0.3 is 14.7 Å². The highest BCUT2D eigenvalue weighted by Crippen LogP contribution is 2.57. The molecule has 0 bridgehead atoms. The van der Waals surface area contributed by atoms with Crippen LogP contribution in [0.1, 0.15) is 62.5 Å². The number of Topliss-reactive ketones (excluding diaryl/α,β-unsaturated/α-hetero) is 1. The number of aliphatic carboxylic acids is 1. The number of carboxylic acids is 1. The van der Waals surface area contributed by atoms with Crippen LogP contribution in [0.5, 0.6) is 5.19 Å². The average Bonchev–Trinajstić information content (AvgIpc) is 3.28. The molecule has 9 heteroatoms. The van der Waals surface area contributed by atoms with E-state index in [0.29, 0.717) is 24.5 Å². The summed E-state index contributed by atoms with van der Waals surface area (Å²) < 4.78 is 21.6. The van der Waals surface area contributed by atoms with E-state index in [1.807, 2.05) is 49.4 Å². The molecule has 2 aliphatic heterocycles. The second-order valence-corrected chi connectivity index (χ2v) is 13.4. The molecule has 1 aromatic heterocycles. The van der Waals surface area contributed by atoms with Gasteiger partial charge in [0.2, 0.25) is 5.91 Å². The first-order valence-electron chi connectivity index (χ1n) is 15.2. The molecule has 0 unspecified atom stereocenters. The summed E-state index contributed by atoms with van der Waals surface area (Å²) in [5, 5.41) is 10.6. The molecule has 2 aromatic carbocycles. The predicted octanol–water partition coefficient (Wildman–Crippen LogP) is 6.52. The maximum Gasteiger partial charge on any atom is 0.310 e. The van der Waals surface area contributed by atoms with Gasteiger partial charge in [-0.15, -0.1) is 0 Å². The van der Waals surface area contributed by atoms with Crippen molar-refractivity contribution in [3.05, 3.63) is 71.6 Å². The van der Waals surface area contributed by atoms with Crippen LogP contribution in [0.15, 0.2) is 54.6 Å². The van der Waals surface area contributed by atoms with E-state index in [1.165, 1.54) is 23.5 Å². The summed E-state index contributed by atoms with van der Waals surface area (Å²) in [5.41, 5.74) is 1.26. The Hall–Kier alpha value is -3.59. The zero-order valence-electron chi connectivity index (χ0n) is 24.3. The summed E-state index contributed by atoms with van der Waals surface area (Å²) in [6.45, 7) is 2.05. The molecule has 7 nitrogen and oxygen atoms in total. The van der Waals surface area contributed by atoms with Crippen LogP contribution in [0.2, 0.25) is 0 Å². The van der Waals surface area contributed by atoms with Crippen molar-refractivity contribution in [2.75, 3.05) is 6.54 Å². The average molecular weight is 605 g/mol. The van der Waals surface area contributed by atoms with Crippen molar-refractivity contribution in [1.29, 1.82) is 0 Å². The SMILES string of the molecule is Cc1cc(F)cc(C[C@H]2CCCCC/C=C\[C@H]3C[C@@]3(C(=O)O)CC(=O)[C@@H]3C[C@@H](Oc4nc5ccccc5s4)CN3C2=O)c1. The Morgan fingerprint density at radius 3 is 2.81 bits per heavy atom. The zero-order valence-corrected chi connectivity index (χ0v) is 25.2. The maximum atomic E-state index is 14.3. The lowest BCUT2D eigenvalue weighted by Gasteiger charge is -2.29. The van der Waals surface area contributed by atoms with Crippen molar-refractivity contribution < 1.29 is 28.6 Å². The van der Waals surface area contributed by atoms with Crippen LogP contribution in [0.4, 0.5) is 4.39 Å². The molecule has 1 saturated carbocycles. The Balaban J connectivity index is 1.30. The van der Waals surface area contributed by atoms with Crippen LogP contribution < -0.4 is 4.74 Å². The Kier molecular flexibility index (Phi) is 8.36. The van der Waals surface area contributed by atoms with E-state index < -0.39 is 29.4 Å². The number of nitrogens with zero attached hydrogens (tertiary/aromatic N) is 2. The number of benzene rings is 2. The van der Waals surface area contributed by atoms with Gasteiger partial charge in [-0.25, -0.2) is 9.37 Å². The third kappa shape index (κ3) is 6.37. The van der Waals surface area contributed by atoms with Gasteiger partial charge in [0.15, 0.2) is 5.78 Å². The van der Waals surface area contributed by atoms with Gasteiger partial charge in [0, 0.05) is 18.8 Å². The fourth-order valence-corrected chi connectivity index (χ4v) is 7.75. The smallest absolute Gasteiger partial charge is 0.310 e. The molecule has 1 aliphatic carbocycles. The lowest BCUT2D eigenvalue weighted by Crippen LogP contribution is -2.45. The van der Waals surface area contributed by atoms with Crippen molar-refractivity contribution in [3.8, 4) is 5.19 Å². The number of ketones is 1. The number of halogens is 1. The maximum absolute atomic E-state index is 14.3. The first-order chi connectivity index (χ1) is 20.7. The minimum atomic E-state index is -1.12. The monoisotopic (exact) mass is 604 g/mol. The first-order valence-corrected chi connectivity index (χ1v) is 16.0. The molecule has 1 N–H and O–H groups in total. The normalized spacial score (nSPS) is 28.9. The van der Waals surface area contributed by atoms with Crippen LogP contribution >= 0.6 is 11.3 Å². The fourth-order valence-electron chi connectivity index (χ4n) is 6.87. The molecular formula is C34H37FN2O5S. The summed E-state index contributed by atoms with van der Waals surface area (Å²) in [4.78, 5) is 46.8. The zero-order chi connectivity index (χ0) is 30.1. The third-order valence-electron chi connectivity index (χ3n) is 9.23. The minimum absolute atomic E-state index is 0.118. The van der Waals surface area contributed by atoms with E-state index in [1.54, 1.807) is 4.90 Å².